The fraction of sp³-hybridized carbons (Fsp3) is 0.471. The van der Waals surface area contributed by atoms with Crippen molar-refractivity contribution in [2.75, 3.05) is 6.54 Å². The van der Waals surface area contributed by atoms with Gasteiger partial charge in [-0.1, -0.05) is 11.6 Å². The van der Waals surface area contributed by atoms with Gasteiger partial charge in [-0.25, -0.2) is 14.8 Å². The highest BCUT2D eigenvalue weighted by Gasteiger charge is 2.28. The number of hydrogen-bond acceptors (Lipinski definition) is 5. The number of amides is 1. The van der Waals surface area contributed by atoms with Gasteiger partial charge in [0.2, 0.25) is 0 Å². The number of carbonyl (C=O) groups excluding carboxylic acids is 1. The smallest absolute Gasteiger partial charge is 0.410 e. The van der Waals surface area contributed by atoms with Crippen molar-refractivity contribution in [3.05, 3.63) is 46.8 Å². The molecule has 2 aromatic rings. The first-order chi connectivity index (χ1) is 11.7. The van der Waals surface area contributed by atoms with Crippen molar-refractivity contribution < 1.29 is 14.6 Å². The van der Waals surface area contributed by atoms with Gasteiger partial charge in [0.25, 0.3) is 0 Å². The normalized spacial score (nSPS) is 15.6. The monoisotopic (exact) mass is 364 g/mol. The van der Waals surface area contributed by atoms with E-state index in [1.165, 1.54) is 0 Å². The van der Waals surface area contributed by atoms with E-state index in [9.17, 15) is 9.90 Å². The van der Waals surface area contributed by atoms with Crippen LogP contribution in [0.1, 0.15) is 44.0 Å². The van der Waals surface area contributed by atoms with Crippen molar-refractivity contribution in [3.63, 3.8) is 0 Å². The molecule has 0 fully saturated rings. The topological polar surface area (TPSA) is 80.5 Å². The summed E-state index contributed by atoms with van der Waals surface area (Å²) in [6.45, 7) is 7.00. The van der Waals surface area contributed by atoms with Gasteiger partial charge < -0.3 is 14.4 Å². The molecule has 0 saturated carbocycles. The summed E-state index contributed by atoms with van der Waals surface area (Å²) in [4.78, 5) is 22.2. The number of aliphatic hydroxyl groups is 1. The van der Waals surface area contributed by atoms with Crippen LogP contribution in [0.4, 0.5) is 4.79 Å². The number of ether oxygens (including phenoxy) is 1. The van der Waals surface area contributed by atoms with E-state index in [0.29, 0.717) is 41.9 Å². The maximum atomic E-state index is 12.2. The molecule has 1 atom stereocenters. The fourth-order valence-electron chi connectivity index (χ4n) is 2.65. The highest BCUT2D eigenvalue weighted by molar-refractivity contribution is 6.29. The van der Waals surface area contributed by atoms with Crippen LogP contribution in [0.5, 0.6) is 0 Å². The number of aliphatic hydroxyl groups excluding tert-OH is 1. The number of rotatable bonds is 2. The second-order valence-corrected chi connectivity index (χ2v) is 7.38. The Kier molecular flexibility index (Phi) is 4.71. The minimum absolute atomic E-state index is 0.316. The number of pyridine rings is 1. The van der Waals surface area contributed by atoms with E-state index in [1.54, 1.807) is 29.4 Å². The molecule has 0 aromatic carbocycles. The molecule has 1 aliphatic rings. The molecule has 0 saturated heterocycles. The molecule has 0 aliphatic carbocycles. The Morgan fingerprint density at radius 2 is 2.16 bits per heavy atom. The van der Waals surface area contributed by atoms with Gasteiger partial charge >= 0.3 is 6.09 Å². The van der Waals surface area contributed by atoms with Gasteiger partial charge in [0.15, 0.2) is 0 Å². The van der Waals surface area contributed by atoms with E-state index in [2.05, 4.69) is 9.97 Å². The van der Waals surface area contributed by atoms with Crippen molar-refractivity contribution >= 4 is 17.7 Å². The molecular formula is C17H21ClN4O3. The summed E-state index contributed by atoms with van der Waals surface area (Å²) < 4.78 is 7.35. The molecular weight excluding hydrogens is 344 g/mol. The van der Waals surface area contributed by atoms with E-state index in [4.69, 9.17) is 16.3 Å². The molecule has 0 bridgehead atoms. The van der Waals surface area contributed by atoms with Crippen LogP contribution < -0.4 is 0 Å². The third kappa shape index (κ3) is 4.11. The predicted molar refractivity (Wildman–Crippen MR) is 92.2 cm³/mol. The zero-order valence-electron chi connectivity index (χ0n) is 14.4. The fourth-order valence-corrected chi connectivity index (χ4v) is 2.83. The molecule has 1 unspecified atom stereocenters. The molecule has 3 rings (SSSR count). The van der Waals surface area contributed by atoms with Crippen LogP contribution in [0.3, 0.4) is 0 Å². The molecule has 1 amide bonds. The van der Waals surface area contributed by atoms with Crippen LogP contribution in [0.25, 0.3) is 0 Å². The van der Waals surface area contributed by atoms with Crippen molar-refractivity contribution in [3.8, 4) is 0 Å². The molecule has 0 spiro atoms. The van der Waals surface area contributed by atoms with Gasteiger partial charge in [-0.05, 0) is 38.5 Å². The first-order valence-corrected chi connectivity index (χ1v) is 8.44. The van der Waals surface area contributed by atoms with E-state index in [1.807, 2.05) is 25.3 Å². The lowest BCUT2D eigenvalue weighted by molar-refractivity contribution is 0.0195. The summed E-state index contributed by atoms with van der Waals surface area (Å²) in [6, 6.07) is 3.31. The number of halogens is 1. The second kappa shape index (κ2) is 6.65. The van der Waals surface area contributed by atoms with Gasteiger partial charge in [0, 0.05) is 25.5 Å². The summed E-state index contributed by atoms with van der Waals surface area (Å²) in [7, 11) is 0. The van der Waals surface area contributed by atoms with Gasteiger partial charge in [-0.15, -0.1) is 0 Å². The molecule has 1 aliphatic heterocycles. The first-order valence-electron chi connectivity index (χ1n) is 8.06. The minimum Gasteiger partial charge on any atom is -0.444 e. The van der Waals surface area contributed by atoms with E-state index in [-0.39, 0.29) is 6.09 Å². The Morgan fingerprint density at radius 1 is 1.40 bits per heavy atom. The molecule has 8 heteroatoms. The Morgan fingerprint density at radius 3 is 2.84 bits per heavy atom. The van der Waals surface area contributed by atoms with Gasteiger partial charge in [0.1, 0.15) is 22.7 Å². The van der Waals surface area contributed by atoms with Crippen LogP contribution in [0, 0.1) is 0 Å². The van der Waals surface area contributed by atoms with Crippen LogP contribution in [0.15, 0.2) is 24.5 Å². The zero-order chi connectivity index (χ0) is 18.2. The van der Waals surface area contributed by atoms with Crippen LogP contribution in [0.2, 0.25) is 5.15 Å². The average molecular weight is 365 g/mol. The average Bonchev–Trinajstić information content (AvgIpc) is 2.95. The summed E-state index contributed by atoms with van der Waals surface area (Å²) in [5.74, 6) is 0.714. The summed E-state index contributed by atoms with van der Waals surface area (Å²) in [6.07, 6.45) is 2.10. The standard InChI is InChI=1S/C17H21ClN4O3/c1-17(2,3)25-16(24)22-7-6-21-9-12(20-14(21)10-22)15(23)11-4-5-19-13(18)8-11/h4-5,8-9,15,23H,6-7,10H2,1-3H3. The number of imidazole rings is 1. The van der Waals surface area contributed by atoms with Crippen molar-refractivity contribution in [1.29, 1.82) is 0 Å². The molecule has 1 N–H and O–H groups in total. The van der Waals surface area contributed by atoms with E-state index < -0.39 is 11.7 Å². The van der Waals surface area contributed by atoms with Crippen LogP contribution in [-0.4, -0.2) is 42.8 Å². The van der Waals surface area contributed by atoms with Gasteiger partial charge in [-0.2, -0.15) is 0 Å². The molecule has 3 heterocycles. The lowest BCUT2D eigenvalue weighted by Gasteiger charge is -2.30. The quantitative estimate of drug-likeness (QED) is 0.829. The second-order valence-electron chi connectivity index (χ2n) is 6.99. The Bertz CT molecular complexity index is 784. The van der Waals surface area contributed by atoms with E-state index >= 15 is 0 Å². The summed E-state index contributed by atoms with van der Waals surface area (Å²) in [5.41, 5.74) is 0.606. The van der Waals surface area contributed by atoms with Crippen molar-refractivity contribution in [2.24, 2.45) is 0 Å². The first kappa shape index (κ1) is 17.7. The summed E-state index contributed by atoms with van der Waals surface area (Å²) in [5, 5.41) is 10.8. The van der Waals surface area contributed by atoms with Gasteiger partial charge in [0.05, 0.1) is 12.2 Å². The Balaban J connectivity index is 1.76. The third-order valence-corrected chi connectivity index (χ3v) is 4.03. The highest BCUT2D eigenvalue weighted by Crippen LogP contribution is 2.25. The number of hydrogen-bond donors (Lipinski definition) is 1. The van der Waals surface area contributed by atoms with Crippen LogP contribution in [-0.2, 0) is 17.8 Å². The molecule has 134 valence electrons. The molecule has 2 aromatic heterocycles. The highest BCUT2D eigenvalue weighted by atomic mass is 35.5. The third-order valence-electron chi connectivity index (χ3n) is 3.82. The maximum absolute atomic E-state index is 12.2. The van der Waals surface area contributed by atoms with E-state index in [0.717, 1.165) is 0 Å². The number of carbonyl (C=O) groups is 1. The van der Waals surface area contributed by atoms with Crippen molar-refractivity contribution in [1.82, 2.24) is 19.4 Å². The lowest BCUT2D eigenvalue weighted by atomic mass is 10.1. The lowest BCUT2D eigenvalue weighted by Crippen LogP contribution is -2.41. The number of fused-ring (bicyclic) bond motifs is 1. The maximum Gasteiger partial charge on any atom is 0.410 e. The number of nitrogens with zero attached hydrogens (tertiary/aromatic N) is 4. The largest absolute Gasteiger partial charge is 0.444 e. The number of aromatic nitrogens is 3. The Hall–Kier alpha value is -2.12. The zero-order valence-corrected chi connectivity index (χ0v) is 15.2. The minimum atomic E-state index is -0.895. The summed E-state index contributed by atoms with van der Waals surface area (Å²) >= 11 is 5.88. The van der Waals surface area contributed by atoms with Crippen molar-refractivity contribution in [2.45, 2.75) is 45.6 Å². The molecule has 7 nitrogen and oxygen atoms in total. The Labute approximate surface area is 151 Å². The van der Waals surface area contributed by atoms with Gasteiger partial charge in [-0.3, -0.25) is 4.90 Å². The van der Waals surface area contributed by atoms with Crippen LogP contribution >= 0.6 is 11.6 Å². The molecule has 25 heavy (non-hydrogen) atoms. The molecule has 0 radical (unpaired) electrons. The SMILES string of the molecule is CC(C)(C)OC(=O)N1CCn2cc(C(O)c3ccnc(Cl)c3)nc2C1. The predicted octanol–water partition coefficient (Wildman–Crippen LogP) is 2.76.